The number of hydrogen-bond donors (Lipinski definition) is 2. The lowest BCUT2D eigenvalue weighted by molar-refractivity contribution is 0.0375. The fourth-order valence-corrected chi connectivity index (χ4v) is 4.32. The van der Waals surface area contributed by atoms with Crippen molar-refractivity contribution in [3.05, 3.63) is 34.9 Å². The summed E-state index contributed by atoms with van der Waals surface area (Å²) < 4.78 is 23.3. The highest BCUT2D eigenvalue weighted by Gasteiger charge is 2.35. The van der Waals surface area contributed by atoms with Gasteiger partial charge < -0.3 is 15.1 Å². The Labute approximate surface area is 134 Å². The summed E-state index contributed by atoms with van der Waals surface area (Å²) in [5, 5.41) is 19.1. The van der Waals surface area contributed by atoms with Gasteiger partial charge in [-0.15, -0.1) is 0 Å². The molecule has 2 rings (SSSR count). The standard InChI is InChI=1S/C14H18ClNO5S/c15-11-3-1-10(2-4-11)14(19)16(7-13(18)8-17)12-5-6-22(20,21)9-12/h1-4,12-13,17-18H,5-9H2/t12-,13+/m1/s1. The molecule has 0 spiro atoms. The van der Waals surface area contributed by atoms with Gasteiger partial charge in [-0.2, -0.15) is 0 Å². The predicted molar refractivity (Wildman–Crippen MR) is 82.6 cm³/mol. The van der Waals surface area contributed by atoms with Crippen LogP contribution < -0.4 is 0 Å². The van der Waals surface area contributed by atoms with E-state index in [1.807, 2.05) is 0 Å². The molecule has 0 aliphatic carbocycles. The highest BCUT2D eigenvalue weighted by atomic mass is 35.5. The van der Waals surface area contributed by atoms with E-state index >= 15 is 0 Å². The van der Waals surface area contributed by atoms with Crippen molar-refractivity contribution in [3.8, 4) is 0 Å². The smallest absolute Gasteiger partial charge is 0.254 e. The highest BCUT2D eigenvalue weighted by Crippen LogP contribution is 2.21. The van der Waals surface area contributed by atoms with Crippen molar-refractivity contribution < 1.29 is 23.4 Å². The van der Waals surface area contributed by atoms with Crippen LogP contribution >= 0.6 is 11.6 Å². The Morgan fingerprint density at radius 2 is 2.00 bits per heavy atom. The van der Waals surface area contributed by atoms with E-state index in [4.69, 9.17) is 16.7 Å². The molecule has 1 amide bonds. The number of carbonyl (C=O) groups is 1. The molecule has 1 saturated heterocycles. The van der Waals surface area contributed by atoms with Gasteiger partial charge in [0.25, 0.3) is 5.91 Å². The number of rotatable bonds is 5. The zero-order chi connectivity index (χ0) is 16.3. The topological polar surface area (TPSA) is 94.9 Å². The molecule has 1 aliphatic rings. The van der Waals surface area contributed by atoms with E-state index in [9.17, 15) is 18.3 Å². The minimum atomic E-state index is -3.16. The van der Waals surface area contributed by atoms with Crippen molar-refractivity contribution in [1.82, 2.24) is 4.90 Å². The van der Waals surface area contributed by atoms with Crippen molar-refractivity contribution in [2.45, 2.75) is 18.6 Å². The fourth-order valence-electron chi connectivity index (χ4n) is 2.46. The van der Waals surface area contributed by atoms with Crippen molar-refractivity contribution in [1.29, 1.82) is 0 Å². The molecule has 8 heteroatoms. The number of sulfone groups is 1. The summed E-state index contributed by atoms with van der Waals surface area (Å²) in [6, 6.07) is 5.75. The SMILES string of the molecule is O=C(c1ccc(Cl)cc1)N(C[C@H](O)CO)[C@@H]1CCS(=O)(=O)C1. The molecule has 122 valence electrons. The molecule has 0 saturated carbocycles. The quantitative estimate of drug-likeness (QED) is 0.800. The fraction of sp³-hybridized carbons (Fsp3) is 0.500. The van der Waals surface area contributed by atoms with Crippen LogP contribution in [0.1, 0.15) is 16.8 Å². The number of aliphatic hydroxyl groups is 2. The third kappa shape index (κ3) is 4.19. The predicted octanol–water partition coefficient (Wildman–Crippen LogP) is 0.322. The van der Waals surface area contributed by atoms with Crippen LogP contribution in [0.25, 0.3) is 0 Å². The third-order valence-corrected chi connectivity index (χ3v) is 5.62. The monoisotopic (exact) mass is 347 g/mol. The summed E-state index contributed by atoms with van der Waals surface area (Å²) >= 11 is 5.79. The first-order chi connectivity index (χ1) is 10.3. The van der Waals surface area contributed by atoms with Gasteiger partial charge in [0.2, 0.25) is 0 Å². The Kier molecular flexibility index (Phi) is 5.44. The second-order valence-electron chi connectivity index (χ2n) is 5.36. The van der Waals surface area contributed by atoms with Crippen LogP contribution in [-0.2, 0) is 9.84 Å². The molecule has 22 heavy (non-hydrogen) atoms. The molecule has 1 aliphatic heterocycles. The van der Waals surface area contributed by atoms with Gasteiger partial charge in [0.15, 0.2) is 9.84 Å². The highest BCUT2D eigenvalue weighted by molar-refractivity contribution is 7.91. The van der Waals surface area contributed by atoms with Gasteiger partial charge >= 0.3 is 0 Å². The molecule has 0 radical (unpaired) electrons. The molecule has 1 heterocycles. The van der Waals surface area contributed by atoms with E-state index in [2.05, 4.69) is 0 Å². The van der Waals surface area contributed by atoms with Crippen molar-refractivity contribution in [2.75, 3.05) is 24.7 Å². The third-order valence-electron chi connectivity index (χ3n) is 3.62. The lowest BCUT2D eigenvalue weighted by atomic mass is 10.1. The molecule has 1 fully saturated rings. The Morgan fingerprint density at radius 3 is 2.50 bits per heavy atom. The molecular weight excluding hydrogens is 330 g/mol. The van der Waals surface area contributed by atoms with Crippen LogP contribution in [0.3, 0.4) is 0 Å². The maximum Gasteiger partial charge on any atom is 0.254 e. The van der Waals surface area contributed by atoms with Crippen molar-refractivity contribution in [3.63, 3.8) is 0 Å². The average molecular weight is 348 g/mol. The van der Waals surface area contributed by atoms with Crippen LogP contribution in [0.5, 0.6) is 0 Å². The van der Waals surface area contributed by atoms with Crippen LogP contribution in [0.15, 0.2) is 24.3 Å². The second-order valence-corrected chi connectivity index (χ2v) is 8.02. The van der Waals surface area contributed by atoms with Gasteiger partial charge in [-0.25, -0.2) is 8.42 Å². The largest absolute Gasteiger partial charge is 0.394 e. The Hall–Kier alpha value is -1.15. The minimum Gasteiger partial charge on any atom is -0.394 e. The molecule has 1 aromatic carbocycles. The Bertz CT molecular complexity index is 631. The summed E-state index contributed by atoms with van der Waals surface area (Å²) in [5.41, 5.74) is 0.360. The van der Waals surface area contributed by atoms with E-state index in [0.717, 1.165) is 0 Å². The molecular formula is C14H18ClNO5S. The second kappa shape index (κ2) is 6.95. The van der Waals surface area contributed by atoms with Crippen molar-refractivity contribution in [2.24, 2.45) is 0 Å². The number of nitrogens with zero attached hydrogens (tertiary/aromatic N) is 1. The van der Waals surface area contributed by atoms with E-state index < -0.39 is 28.6 Å². The first kappa shape index (κ1) is 17.2. The van der Waals surface area contributed by atoms with Crippen LogP contribution in [-0.4, -0.2) is 66.2 Å². The van der Waals surface area contributed by atoms with Gasteiger partial charge in [0.1, 0.15) is 0 Å². The van der Waals surface area contributed by atoms with E-state index in [1.165, 1.54) is 4.90 Å². The van der Waals surface area contributed by atoms with Gasteiger partial charge in [-0.1, -0.05) is 11.6 Å². The molecule has 2 atom stereocenters. The minimum absolute atomic E-state index is 0.0251. The number of halogens is 1. The zero-order valence-electron chi connectivity index (χ0n) is 11.9. The number of carbonyl (C=O) groups excluding carboxylic acids is 1. The summed E-state index contributed by atoms with van der Waals surface area (Å²) in [5.74, 6) is -0.479. The number of hydrogen-bond acceptors (Lipinski definition) is 5. The number of amides is 1. The lowest BCUT2D eigenvalue weighted by Crippen LogP contribution is -2.46. The number of aliphatic hydroxyl groups excluding tert-OH is 2. The summed E-state index contributed by atoms with van der Waals surface area (Å²) in [4.78, 5) is 13.9. The molecule has 0 unspecified atom stereocenters. The van der Waals surface area contributed by atoms with Crippen LogP contribution in [0, 0.1) is 0 Å². The first-order valence-electron chi connectivity index (χ1n) is 6.88. The van der Waals surface area contributed by atoms with Crippen LogP contribution in [0.4, 0.5) is 0 Å². The number of benzene rings is 1. The van der Waals surface area contributed by atoms with Gasteiger partial charge in [-0.05, 0) is 30.7 Å². The molecule has 6 nitrogen and oxygen atoms in total. The Morgan fingerprint density at radius 1 is 1.36 bits per heavy atom. The molecule has 1 aromatic rings. The first-order valence-corrected chi connectivity index (χ1v) is 9.08. The van der Waals surface area contributed by atoms with E-state index in [0.29, 0.717) is 17.0 Å². The van der Waals surface area contributed by atoms with E-state index in [-0.39, 0.29) is 24.0 Å². The summed E-state index contributed by atoms with van der Waals surface area (Å²) in [7, 11) is -3.16. The Balaban J connectivity index is 2.23. The maximum absolute atomic E-state index is 12.6. The summed E-state index contributed by atoms with van der Waals surface area (Å²) in [6.07, 6.45) is -0.778. The molecule has 0 bridgehead atoms. The zero-order valence-corrected chi connectivity index (χ0v) is 13.4. The maximum atomic E-state index is 12.6. The van der Waals surface area contributed by atoms with Crippen LogP contribution in [0.2, 0.25) is 5.02 Å². The van der Waals surface area contributed by atoms with Gasteiger partial charge in [0, 0.05) is 23.2 Å². The van der Waals surface area contributed by atoms with Gasteiger partial charge in [0.05, 0.1) is 24.2 Å². The molecule has 2 N–H and O–H groups in total. The lowest BCUT2D eigenvalue weighted by Gasteiger charge is -2.30. The van der Waals surface area contributed by atoms with Crippen molar-refractivity contribution >= 4 is 27.3 Å². The average Bonchev–Trinajstić information content (AvgIpc) is 2.84. The normalized spacial score (nSPS) is 21.5. The summed E-state index contributed by atoms with van der Waals surface area (Å²) in [6.45, 7) is -0.609. The molecule has 0 aromatic heterocycles. The van der Waals surface area contributed by atoms with E-state index in [1.54, 1.807) is 24.3 Å². The van der Waals surface area contributed by atoms with Gasteiger partial charge in [-0.3, -0.25) is 4.79 Å².